The third-order valence-corrected chi connectivity index (χ3v) is 4.62. The molecule has 0 aliphatic carbocycles. The number of ether oxygens (including phenoxy) is 1. The molecule has 1 aromatic heterocycles. The van der Waals surface area contributed by atoms with Crippen LogP contribution >= 0.6 is 0 Å². The van der Waals surface area contributed by atoms with Gasteiger partial charge in [0.1, 0.15) is 11.6 Å². The normalized spacial score (nSPS) is 15.5. The van der Waals surface area contributed by atoms with Gasteiger partial charge in [-0.3, -0.25) is 9.59 Å². The smallest absolute Gasteiger partial charge is 0.264 e. The van der Waals surface area contributed by atoms with E-state index in [9.17, 15) is 9.59 Å². The molecular formula is C20H19N3O3. The van der Waals surface area contributed by atoms with Crippen LogP contribution in [0.3, 0.4) is 0 Å². The van der Waals surface area contributed by atoms with E-state index in [1.807, 2.05) is 37.3 Å². The number of amides is 1. The monoisotopic (exact) mass is 349 g/mol. The van der Waals surface area contributed by atoms with Crippen LogP contribution in [0.1, 0.15) is 18.3 Å². The SMILES string of the molecule is CCN(Cc1nc2ccccc2c(=O)[nH]1)C(=O)[C@H]1Cc2ccccc2O1. The number of hydrogen-bond acceptors (Lipinski definition) is 4. The van der Waals surface area contributed by atoms with E-state index in [0.29, 0.717) is 29.7 Å². The summed E-state index contributed by atoms with van der Waals surface area (Å²) in [7, 11) is 0. The Labute approximate surface area is 150 Å². The maximum absolute atomic E-state index is 12.9. The zero-order chi connectivity index (χ0) is 18.1. The van der Waals surface area contributed by atoms with Crippen molar-refractivity contribution in [1.82, 2.24) is 14.9 Å². The lowest BCUT2D eigenvalue weighted by atomic mass is 10.1. The molecule has 4 rings (SSSR count). The van der Waals surface area contributed by atoms with E-state index in [4.69, 9.17) is 4.74 Å². The van der Waals surface area contributed by atoms with Gasteiger partial charge in [0, 0.05) is 13.0 Å². The second-order valence-electron chi connectivity index (χ2n) is 6.30. The van der Waals surface area contributed by atoms with Gasteiger partial charge in [0.15, 0.2) is 6.10 Å². The van der Waals surface area contributed by atoms with Crippen LogP contribution in [0.25, 0.3) is 10.9 Å². The molecule has 0 radical (unpaired) electrons. The van der Waals surface area contributed by atoms with Crippen LogP contribution in [-0.4, -0.2) is 33.4 Å². The first-order chi connectivity index (χ1) is 12.7. The number of H-pyrrole nitrogens is 1. The Hall–Kier alpha value is -3.15. The highest BCUT2D eigenvalue weighted by Crippen LogP contribution is 2.29. The Morgan fingerprint density at radius 2 is 2.00 bits per heavy atom. The molecule has 0 saturated heterocycles. The number of carbonyl (C=O) groups excluding carboxylic acids is 1. The fraction of sp³-hybridized carbons (Fsp3) is 0.250. The molecule has 1 atom stereocenters. The average Bonchev–Trinajstić information content (AvgIpc) is 3.10. The van der Waals surface area contributed by atoms with Crippen molar-refractivity contribution < 1.29 is 9.53 Å². The lowest BCUT2D eigenvalue weighted by molar-refractivity contribution is -0.138. The Morgan fingerprint density at radius 3 is 2.81 bits per heavy atom. The van der Waals surface area contributed by atoms with Crippen LogP contribution in [0.5, 0.6) is 5.75 Å². The van der Waals surface area contributed by atoms with Crippen LogP contribution in [0, 0.1) is 0 Å². The Bertz CT molecular complexity index is 1000. The van der Waals surface area contributed by atoms with Crippen molar-refractivity contribution in [3.05, 3.63) is 70.3 Å². The molecule has 2 aromatic carbocycles. The second kappa shape index (κ2) is 6.63. The summed E-state index contributed by atoms with van der Waals surface area (Å²) in [6.45, 7) is 2.65. The number of aromatic nitrogens is 2. The Morgan fingerprint density at radius 1 is 1.23 bits per heavy atom. The highest BCUT2D eigenvalue weighted by atomic mass is 16.5. The van der Waals surface area contributed by atoms with Gasteiger partial charge >= 0.3 is 0 Å². The van der Waals surface area contributed by atoms with E-state index in [1.54, 1.807) is 23.1 Å². The van der Waals surface area contributed by atoms with E-state index in [-0.39, 0.29) is 18.0 Å². The average molecular weight is 349 g/mol. The van der Waals surface area contributed by atoms with Gasteiger partial charge in [-0.1, -0.05) is 30.3 Å². The van der Waals surface area contributed by atoms with E-state index >= 15 is 0 Å². The van der Waals surface area contributed by atoms with Crippen molar-refractivity contribution in [3.63, 3.8) is 0 Å². The van der Waals surface area contributed by atoms with Gasteiger partial charge in [0.25, 0.3) is 11.5 Å². The fourth-order valence-corrected chi connectivity index (χ4v) is 3.26. The minimum absolute atomic E-state index is 0.0977. The number of carbonyl (C=O) groups is 1. The lowest BCUT2D eigenvalue weighted by Gasteiger charge is -2.23. The number of benzene rings is 2. The lowest BCUT2D eigenvalue weighted by Crippen LogP contribution is -2.41. The van der Waals surface area contributed by atoms with Gasteiger partial charge in [-0.25, -0.2) is 4.98 Å². The predicted molar refractivity (Wildman–Crippen MR) is 98.0 cm³/mol. The minimum atomic E-state index is -0.528. The molecule has 0 fully saturated rings. The number of rotatable bonds is 4. The Kier molecular flexibility index (Phi) is 4.16. The molecule has 1 amide bonds. The van der Waals surface area contributed by atoms with E-state index in [0.717, 1.165) is 11.3 Å². The van der Waals surface area contributed by atoms with Crippen molar-refractivity contribution in [2.24, 2.45) is 0 Å². The molecule has 26 heavy (non-hydrogen) atoms. The molecule has 1 aliphatic rings. The maximum Gasteiger partial charge on any atom is 0.264 e. The number of nitrogens with zero attached hydrogens (tertiary/aromatic N) is 2. The van der Waals surface area contributed by atoms with Gasteiger partial charge in [-0.15, -0.1) is 0 Å². The topological polar surface area (TPSA) is 75.3 Å². The predicted octanol–water partition coefficient (Wildman–Crippen LogP) is 2.28. The first-order valence-electron chi connectivity index (χ1n) is 8.67. The fourth-order valence-electron chi connectivity index (χ4n) is 3.26. The van der Waals surface area contributed by atoms with E-state index < -0.39 is 6.10 Å². The molecular weight excluding hydrogens is 330 g/mol. The third-order valence-electron chi connectivity index (χ3n) is 4.62. The number of fused-ring (bicyclic) bond motifs is 2. The third kappa shape index (κ3) is 2.94. The summed E-state index contributed by atoms with van der Waals surface area (Å²) in [6, 6.07) is 14.9. The standard InChI is InChI=1S/C20H19N3O3/c1-2-23(20(25)17-11-13-7-3-6-10-16(13)26-17)12-18-21-15-9-5-4-8-14(15)19(24)22-18/h3-10,17H,2,11-12H2,1H3,(H,21,22,24)/t17-/m1/s1. The second-order valence-corrected chi connectivity index (χ2v) is 6.30. The van der Waals surface area contributed by atoms with Crippen molar-refractivity contribution in [1.29, 1.82) is 0 Å². The van der Waals surface area contributed by atoms with Gasteiger partial charge in [0.05, 0.1) is 17.4 Å². The molecule has 0 spiro atoms. The molecule has 3 aromatic rings. The van der Waals surface area contributed by atoms with Gasteiger partial charge < -0.3 is 14.6 Å². The zero-order valence-electron chi connectivity index (χ0n) is 14.4. The van der Waals surface area contributed by atoms with E-state index in [2.05, 4.69) is 9.97 Å². The van der Waals surface area contributed by atoms with Gasteiger partial charge in [-0.05, 0) is 30.7 Å². The van der Waals surface area contributed by atoms with Gasteiger partial charge in [-0.2, -0.15) is 0 Å². The molecule has 2 heterocycles. The quantitative estimate of drug-likeness (QED) is 0.784. The molecule has 132 valence electrons. The van der Waals surface area contributed by atoms with E-state index in [1.165, 1.54) is 0 Å². The van der Waals surface area contributed by atoms with Crippen LogP contribution in [0.15, 0.2) is 53.3 Å². The molecule has 6 heteroatoms. The minimum Gasteiger partial charge on any atom is -0.480 e. The van der Waals surface area contributed by atoms with Crippen LogP contribution in [0.4, 0.5) is 0 Å². The van der Waals surface area contributed by atoms with Crippen molar-refractivity contribution >= 4 is 16.8 Å². The number of nitrogens with one attached hydrogen (secondary N) is 1. The molecule has 6 nitrogen and oxygen atoms in total. The number of hydrogen-bond donors (Lipinski definition) is 1. The molecule has 0 saturated carbocycles. The summed E-state index contributed by atoms with van der Waals surface area (Å²) in [4.78, 5) is 34.0. The summed E-state index contributed by atoms with van der Waals surface area (Å²) < 4.78 is 5.80. The summed E-state index contributed by atoms with van der Waals surface area (Å²) >= 11 is 0. The highest BCUT2D eigenvalue weighted by Gasteiger charge is 2.32. The number of likely N-dealkylation sites (N-methyl/N-ethyl adjacent to an activating group) is 1. The van der Waals surface area contributed by atoms with Crippen LogP contribution in [-0.2, 0) is 17.8 Å². The molecule has 0 bridgehead atoms. The number of para-hydroxylation sites is 2. The number of aromatic amines is 1. The van der Waals surface area contributed by atoms with Crippen LogP contribution in [0.2, 0.25) is 0 Å². The first-order valence-corrected chi connectivity index (χ1v) is 8.67. The van der Waals surface area contributed by atoms with Gasteiger partial charge in [0.2, 0.25) is 0 Å². The maximum atomic E-state index is 12.9. The summed E-state index contributed by atoms with van der Waals surface area (Å²) in [5.41, 5.74) is 1.47. The molecule has 1 N–H and O–H groups in total. The molecule has 1 aliphatic heterocycles. The van der Waals surface area contributed by atoms with Crippen LogP contribution < -0.4 is 10.3 Å². The Balaban J connectivity index is 1.55. The largest absolute Gasteiger partial charge is 0.480 e. The molecule has 0 unspecified atom stereocenters. The van der Waals surface area contributed by atoms with Crippen molar-refractivity contribution in [2.45, 2.75) is 26.0 Å². The summed E-state index contributed by atoms with van der Waals surface area (Å²) in [5, 5.41) is 0.542. The highest BCUT2D eigenvalue weighted by molar-refractivity contribution is 5.82. The van der Waals surface area contributed by atoms with Crippen molar-refractivity contribution in [2.75, 3.05) is 6.54 Å². The van der Waals surface area contributed by atoms with Crippen molar-refractivity contribution in [3.8, 4) is 5.75 Å². The summed E-state index contributed by atoms with van der Waals surface area (Å²) in [6.07, 6.45) is 0.0345. The zero-order valence-corrected chi connectivity index (χ0v) is 14.4. The summed E-state index contributed by atoms with van der Waals surface area (Å²) in [5.74, 6) is 1.14. The first kappa shape index (κ1) is 16.3.